The van der Waals surface area contributed by atoms with Crippen LogP contribution in [0.2, 0.25) is 0 Å². The third kappa shape index (κ3) is 3.16. The molecule has 0 spiro atoms. The lowest BCUT2D eigenvalue weighted by Crippen LogP contribution is -2.07. The third-order valence-electron chi connectivity index (χ3n) is 1.79. The second-order valence-electron chi connectivity index (χ2n) is 2.92. The van der Waals surface area contributed by atoms with Crippen molar-refractivity contribution in [3.63, 3.8) is 0 Å². The van der Waals surface area contributed by atoms with Gasteiger partial charge in [-0.05, 0) is 12.1 Å². The molecule has 0 amide bonds. The number of hydrogen-bond donors (Lipinski definition) is 0. The highest BCUT2D eigenvalue weighted by atomic mass is 19.4. The Morgan fingerprint density at radius 3 is 2.53 bits per heavy atom. The van der Waals surface area contributed by atoms with Crippen LogP contribution in [0, 0.1) is 10.1 Å². The van der Waals surface area contributed by atoms with Crippen LogP contribution in [-0.2, 0) is 11.0 Å². The zero-order valence-electron chi connectivity index (χ0n) is 8.23. The van der Waals surface area contributed by atoms with E-state index < -0.39 is 29.0 Å². The van der Waals surface area contributed by atoms with Crippen LogP contribution < -0.4 is 4.74 Å². The lowest BCUT2D eigenvalue weighted by Gasteiger charge is -2.08. The smallest absolute Gasteiger partial charge is 0.416 e. The number of rotatable bonds is 4. The molecule has 0 aliphatic heterocycles. The number of nitro benzene ring substituents is 1. The predicted octanol–water partition coefficient (Wildman–Crippen LogP) is 2.19. The Kier molecular flexibility index (Phi) is 3.66. The Bertz CT molecular complexity index is 444. The Morgan fingerprint density at radius 2 is 2.06 bits per heavy atom. The van der Waals surface area contributed by atoms with E-state index in [0.29, 0.717) is 18.4 Å². The summed E-state index contributed by atoms with van der Waals surface area (Å²) in [5, 5.41) is 10.5. The maximum atomic E-state index is 12.3. The van der Waals surface area contributed by atoms with Gasteiger partial charge in [-0.2, -0.15) is 13.2 Å². The number of carbonyl (C=O) groups is 1. The van der Waals surface area contributed by atoms with E-state index in [-0.39, 0.29) is 5.75 Å². The average molecular weight is 249 g/mol. The number of ether oxygens (including phenoxy) is 1. The largest absolute Gasteiger partial charge is 0.479 e. The minimum Gasteiger partial charge on any atom is -0.479 e. The zero-order chi connectivity index (χ0) is 13.1. The number of carbonyl (C=O) groups excluding carboxylic acids is 1. The van der Waals surface area contributed by atoms with Gasteiger partial charge in [-0.15, -0.1) is 0 Å². The highest BCUT2D eigenvalue weighted by Gasteiger charge is 2.33. The molecule has 17 heavy (non-hydrogen) atoms. The van der Waals surface area contributed by atoms with Crippen molar-refractivity contribution in [1.29, 1.82) is 0 Å². The molecular weight excluding hydrogens is 243 g/mol. The summed E-state index contributed by atoms with van der Waals surface area (Å²) in [6.07, 6.45) is -4.34. The van der Waals surface area contributed by atoms with Crippen LogP contribution in [0.15, 0.2) is 18.2 Å². The summed E-state index contributed by atoms with van der Waals surface area (Å²) < 4.78 is 41.5. The van der Waals surface area contributed by atoms with Crippen LogP contribution in [0.5, 0.6) is 5.75 Å². The van der Waals surface area contributed by atoms with Crippen LogP contribution in [0.1, 0.15) is 5.56 Å². The molecule has 0 aliphatic carbocycles. The second-order valence-corrected chi connectivity index (χ2v) is 2.92. The fourth-order valence-electron chi connectivity index (χ4n) is 1.08. The molecule has 1 aromatic carbocycles. The Balaban J connectivity index is 3.17. The van der Waals surface area contributed by atoms with Crippen molar-refractivity contribution in [2.24, 2.45) is 0 Å². The van der Waals surface area contributed by atoms with Crippen molar-refractivity contribution in [3.05, 3.63) is 33.9 Å². The number of nitro groups is 1. The van der Waals surface area contributed by atoms with Gasteiger partial charge in [0.2, 0.25) is 0 Å². The molecule has 5 nitrogen and oxygen atoms in total. The fourth-order valence-corrected chi connectivity index (χ4v) is 1.08. The van der Waals surface area contributed by atoms with E-state index in [4.69, 9.17) is 0 Å². The maximum absolute atomic E-state index is 12.3. The number of nitrogens with zero attached hydrogens (tertiary/aromatic N) is 1. The Morgan fingerprint density at radius 1 is 1.41 bits per heavy atom. The molecule has 0 saturated carbocycles. The van der Waals surface area contributed by atoms with E-state index in [1.54, 1.807) is 0 Å². The normalized spacial score (nSPS) is 11.0. The molecule has 92 valence electrons. The van der Waals surface area contributed by atoms with Crippen molar-refractivity contribution in [1.82, 2.24) is 0 Å². The van der Waals surface area contributed by atoms with Gasteiger partial charge >= 0.3 is 11.9 Å². The lowest BCUT2D eigenvalue weighted by atomic mass is 10.2. The van der Waals surface area contributed by atoms with Gasteiger partial charge in [-0.1, -0.05) is 0 Å². The second kappa shape index (κ2) is 4.81. The van der Waals surface area contributed by atoms with Gasteiger partial charge in [-0.25, -0.2) is 0 Å². The van der Waals surface area contributed by atoms with Crippen LogP contribution in [-0.4, -0.2) is 17.8 Å². The number of benzene rings is 1. The summed E-state index contributed by atoms with van der Waals surface area (Å²) in [7, 11) is 0. The third-order valence-corrected chi connectivity index (χ3v) is 1.79. The number of alkyl halides is 3. The molecule has 0 saturated heterocycles. The monoisotopic (exact) mass is 249 g/mol. The van der Waals surface area contributed by atoms with Crippen LogP contribution >= 0.6 is 0 Å². The summed E-state index contributed by atoms with van der Waals surface area (Å²) in [5.74, 6) is -0.380. The summed E-state index contributed by atoms with van der Waals surface area (Å²) in [6.45, 7) is -0.466. The van der Waals surface area contributed by atoms with E-state index in [0.717, 1.165) is 6.07 Å². The van der Waals surface area contributed by atoms with Gasteiger partial charge in [0.05, 0.1) is 10.5 Å². The van der Waals surface area contributed by atoms with Crippen LogP contribution in [0.3, 0.4) is 0 Å². The molecule has 0 fully saturated rings. The topological polar surface area (TPSA) is 69.4 Å². The number of halogens is 3. The molecule has 0 radical (unpaired) electrons. The molecule has 0 bridgehead atoms. The first-order valence-electron chi connectivity index (χ1n) is 4.28. The molecule has 1 aromatic rings. The summed E-state index contributed by atoms with van der Waals surface area (Å²) in [6, 6.07) is 1.82. The van der Waals surface area contributed by atoms with Gasteiger partial charge in [0.15, 0.2) is 12.0 Å². The first-order chi connectivity index (χ1) is 7.86. The van der Waals surface area contributed by atoms with Crippen LogP contribution in [0.4, 0.5) is 18.9 Å². The minimum absolute atomic E-state index is 0.335. The van der Waals surface area contributed by atoms with Crippen molar-refractivity contribution in [3.8, 4) is 5.75 Å². The van der Waals surface area contributed by atoms with Gasteiger partial charge in [-0.3, -0.25) is 14.9 Å². The minimum atomic E-state index is -4.67. The average Bonchev–Trinajstić information content (AvgIpc) is 2.24. The number of aldehydes is 1. The highest BCUT2D eigenvalue weighted by Crippen LogP contribution is 2.35. The van der Waals surface area contributed by atoms with Crippen LogP contribution in [0.25, 0.3) is 0 Å². The summed E-state index contributed by atoms with van der Waals surface area (Å²) in [5.41, 5.74) is -1.98. The van der Waals surface area contributed by atoms with Gasteiger partial charge < -0.3 is 4.74 Å². The van der Waals surface area contributed by atoms with Gasteiger partial charge in [0, 0.05) is 6.07 Å². The highest BCUT2D eigenvalue weighted by molar-refractivity contribution is 5.54. The van der Waals surface area contributed by atoms with E-state index >= 15 is 0 Å². The molecule has 0 N–H and O–H groups in total. The van der Waals surface area contributed by atoms with Gasteiger partial charge in [0.1, 0.15) is 6.61 Å². The fraction of sp³-hybridized carbons (Fsp3) is 0.222. The molecule has 0 heterocycles. The van der Waals surface area contributed by atoms with E-state index in [9.17, 15) is 28.1 Å². The van der Waals surface area contributed by atoms with Gasteiger partial charge in [0.25, 0.3) is 0 Å². The van der Waals surface area contributed by atoms with Crippen molar-refractivity contribution in [2.45, 2.75) is 6.18 Å². The van der Waals surface area contributed by atoms with E-state index in [2.05, 4.69) is 4.74 Å². The first-order valence-corrected chi connectivity index (χ1v) is 4.28. The van der Waals surface area contributed by atoms with Crippen molar-refractivity contribution in [2.75, 3.05) is 6.61 Å². The molecule has 0 unspecified atom stereocenters. The molecule has 1 rings (SSSR count). The lowest BCUT2D eigenvalue weighted by molar-refractivity contribution is -0.386. The number of hydrogen-bond acceptors (Lipinski definition) is 4. The first kappa shape index (κ1) is 12.9. The summed E-state index contributed by atoms with van der Waals surface area (Å²) >= 11 is 0. The summed E-state index contributed by atoms with van der Waals surface area (Å²) in [4.78, 5) is 19.5. The molecule has 0 atom stereocenters. The predicted molar refractivity (Wildman–Crippen MR) is 49.7 cm³/mol. The standard InChI is InChI=1S/C9H6F3NO4/c10-9(11,12)6-1-2-8(17-4-3-14)7(5-6)13(15)16/h1-3,5H,4H2. The Labute approximate surface area is 93.0 Å². The van der Waals surface area contributed by atoms with Crippen molar-refractivity contribution < 1.29 is 27.6 Å². The Hall–Kier alpha value is -2.12. The van der Waals surface area contributed by atoms with E-state index in [1.165, 1.54) is 0 Å². The SMILES string of the molecule is O=CCOc1ccc(C(F)(F)F)cc1[N+](=O)[O-]. The van der Waals surface area contributed by atoms with E-state index in [1.807, 2.05) is 0 Å². The molecule has 0 aliphatic rings. The molecule has 8 heteroatoms. The molecular formula is C9H6F3NO4. The zero-order valence-corrected chi connectivity index (χ0v) is 8.23. The molecule has 0 aromatic heterocycles. The van der Waals surface area contributed by atoms with Crippen molar-refractivity contribution >= 4 is 12.0 Å². The quantitative estimate of drug-likeness (QED) is 0.466. The maximum Gasteiger partial charge on any atom is 0.416 e.